The van der Waals surface area contributed by atoms with E-state index < -0.39 is 32.8 Å². The third-order valence-electron chi connectivity index (χ3n) is 13.6. The van der Waals surface area contributed by atoms with Gasteiger partial charge in [-0.05, 0) is 84.8 Å². The maximum atomic E-state index is 13.6. The van der Waals surface area contributed by atoms with Crippen LogP contribution in [-0.2, 0) is 26.5 Å². The van der Waals surface area contributed by atoms with Crippen LogP contribution < -0.4 is 4.40 Å². The first-order chi connectivity index (χ1) is 35.4. The van der Waals surface area contributed by atoms with Crippen molar-refractivity contribution in [1.82, 2.24) is 24.5 Å². The number of para-hydroxylation sites is 1. The molecule has 70 heavy (non-hydrogen) atoms. The number of halogens is 1. The van der Waals surface area contributed by atoms with E-state index in [1.54, 1.807) is 17.4 Å². The van der Waals surface area contributed by atoms with E-state index in [0.717, 1.165) is 93.9 Å². The number of hydrogen-bond donors (Lipinski definition) is 0. The molecule has 0 N–H and O–H groups in total. The molecule has 1 aliphatic rings. The molecule has 12 rings (SSSR count). The van der Waals surface area contributed by atoms with Gasteiger partial charge in [0.15, 0.2) is 0 Å². The molecule has 1 fully saturated rings. The SMILES string of the molecule is [2H]C([2H])([2H])c1cc(F)c[c-]c1-c1cc(CC(C)C)[c]([Ge]([CH3])([CH3])[CH3])cn1.[2H]C([2H])c1ccc2c(ccc3nc(-c4[c-]ccc5c4sc4nc(C6CCCCC6)ccc45)n(-c4ccc(C)c5oc6ccccc6c45)c32)n1.[Ir]. The molecule has 0 unspecified atom stereocenters. The van der Waals surface area contributed by atoms with Crippen LogP contribution in [0.2, 0.25) is 17.3 Å². The second-order valence-corrected chi connectivity index (χ2v) is 31.6. The van der Waals surface area contributed by atoms with Crippen molar-refractivity contribution >= 4 is 93.2 Å². The van der Waals surface area contributed by atoms with E-state index in [1.165, 1.54) is 59.2 Å². The normalized spacial score (nSPS) is 14.8. The van der Waals surface area contributed by atoms with Crippen molar-refractivity contribution in [1.29, 1.82) is 0 Å². The zero-order valence-electron chi connectivity index (χ0n) is 45.1. The number of aryl methyl sites for hydroxylation is 3. The van der Waals surface area contributed by atoms with Crippen LogP contribution in [0.25, 0.3) is 92.5 Å². The Labute approximate surface area is 436 Å². The van der Waals surface area contributed by atoms with Crippen molar-refractivity contribution < 1.29 is 35.8 Å². The third-order valence-corrected chi connectivity index (χ3v) is 19.1. The molecule has 0 saturated heterocycles. The average molecular weight is 1180 g/mol. The summed E-state index contributed by atoms with van der Waals surface area (Å²) in [5.41, 5.74) is 10.8. The predicted octanol–water partition coefficient (Wildman–Crippen LogP) is 16.1. The number of furan rings is 1. The maximum Gasteiger partial charge on any atom is 0.140 e. The number of thiophene rings is 1. The van der Waals surface area contributed by atoms with Gasteiger partial charge in [0, 0.05) is 50.9 Å². The fourth-order valence-electron chi connectivity index (χ4n) is 10.3. The summed E-state index contributed by atoms with van der Waals surface area (Å²) in [5.74, 6) is 8.16. The Morgan fingerprint density at radius 3 is 2.46 bits per heavy atom. The molecule has 11 aromatic rings. The Morgan fingerprint density at radius 2 is 1.66 bits per heavy atom. The van der Waals surface area contributed by atoms with E-state index in [4.69, 9.17) is 26.2 Å². The molecule has 0 bridgehead atoms. The predicted molar refractivity (Wildman–Crippen MR) is 289 cm³/mol. The van der Waals surface area contributed by atoms with Crippen LogP contribution in [-0.4, -0.2) is 37.8 Å². The van der Waals surface area contributed by atoms with Crippen molar-refractivity contribution in [3.05, 3.63) is 155 Å². The molecular formula is C60H56FGeIrN5OS-2. The molecule has 0 amide bonds. The first-order valence-electron chi connectivity index (χ1n) is 26.6. The largest absolute Gasteiger partial charge is 0.456 e. The molecule has 6 aromatic heterocycles. The van der Waals surface area contributed by atoms with E-state index >= 15 is 0 Å². The van der Waals surface area contributed by atoms with Gasteiger partial charge in [-0.25, -0.2) is 4.98 Å². The summed E-state index contributed by atoms with van der Waals surface area (Å²) in [6, 6.07) is 39.5. The zero-order valence-corrected chi connectivity index (χ0v) is 45.4. The van der Waals surface area contributed by atoms with E-state index in [2.05, 4.69) is 102 Å². The van der Waals surface area contributed by atoms with Gasteiger partial charge < -0.3 is 8.98 Å². The molecule has 1 saturated carbocycles. The fraction of sp³-hybridized carbons (Fsp3) is 0.267. The number of fused-ring (bicyclic) bond motifs is 9. The van der Waals surface area contributed by atoms with Crippen LogP contribution in [0.3, 0.4) is 0 Å². The number of rotatable bonds is 7. The van der Waals surface area contributed by atoms with Gasteiger partial charge in [-0.1, -0.05) is 60.5 Å². The van der Waals surface area contributed by atoms with Crippen molar-refractivity contribution in [3.8, 4) is 28.3 Å². The standard InChI is InChI=1S/C41H31N4OS.C19H25FGeN.Ir/c1-23-15-22-34(36-29-11-6-7-14-35(29)46-38(23)36)45-37-28-17-16-24(2)42-32(28)20-21-33(37)43-40(45)30-13-8-12-26-27-18-19-31(25-9-4-3-5-10-25)44-41(27)47-39(26)30;1-13(2)9-15-11-19(22-12-18(15)21(4,5)6)17-8-7-16(20)10-14(17)3;/h6-8,11-12,14-22,25H,3-5,9-10H2,1-2H3;7,10-13H,9H2,1-6H3;/q2*-1;/i2D2;3D3;. The summed E-state index contributed by atoms with van der Waals surface area (Å²) in [7, 11) is 0. The van der Waals surface area contributed by atoms with Gasteiger partial charge in [-0.2, -0.15) is 11.3 Å². The molecule has 0 spiro atoms. The van der Waals surface area contributed by atoms with Crippen LogP contribution in [0.5, 0.6) is 0 Å². The summed E-state index contributed by atoms with van der Waals surface area (Å²) in [6.07, 6.45) is 9.13. The molecule has 1 aliphatic carbocycles. The van der Waals surface area contributed by atoms with Gasteiger partial charge in [-0.3, -0.25) is 9.97 Å². The van der Waals surface area contributed by atoms with Crippen molar-refractivity contribution in [2.45, 2.75) is 96.2 Å². The third kappa shape index (κ3) is 8.82. The van der Waals surface area contributed by atoms with Crippen molar-refractivity contribution in [2.24, 2.45) is 5.92 Å². The first kappa shape index (κ1) is 42.1. The second-order valence-electron chi connectivity index (χ2n) is 20.0. The van der Waals surface area contributed by atoms with E-state index in [9.17, 15) is 4.39 Å². The van der Waals surface area contributed by atoms with Crippen LogP contribution in [0.4, 0.5) is 4.39 Å². The van der Waals surface area contributed by atoms with E-state index in [-0.39, 0.29) is 25.7 Å². The molecule has 10 heteroatoms. The number of pyridine rings is 3. The number of nitrogens with zero attached hydrogens (tertiary/aromatic N) is 5. The first-order valence-corrected chi connectivity index (χ1v) is 32.1. The number of hydrogen-bond acceptors (Lipinski definition) is 6. The summed E-state index contributed by atoms with van der Waals surface area (Å²) in [6.45, 7) is 2.84. The van der Waals surface area contributed by atoms with Crippen LogP contribution >= 0.6 is 11.3 Å². The van der Waals surface area contributed by atoms with Crippen LogP contribution in [0, 0.1) is 44.5 Å². The number of benzene rings is 5. The Kier molecular flexibility index (Phi) is 11.6. The molecule has 355 valence electrons. The number of imidazole rings is 1. The Bertz CT molecular complexity index is 3970. The molecule has 0 aliphatic heterocycles. The van der Waals surface area contributed by atoms with Crippen molar-refractivity contribution in [3.63, 3.8) is 0 Å². The van der Waals surface area contributed by atoms with Gasteiger partial charge in [0.2, 0.25) is 0 Å². The van der Waals surface area contributed by atoms with Gasteiger partial charge >= 0.3 is 140 Å². The number of aromatic nitrogens is 5. The van der Waals surface area contributed by atoms with Gasteiger partial charge in [0.25, 0.3) is 0 Å². The molecule has 5 aromatic carbocycles. The molecule has 1 radical (unpaired) electrons. The topological polar surface area (TPSA) is 69.6 Å². The smallest absolute Gasteiger partial charge is 0.140 e. The minimum absolute atomic E-state index is 0. The van der Waals surface area contributed by atoms with Crippen LogP contribution in [0.15, 0.2) is 114 Å². The summed E-state index contributed by atoms with van der Waals surface area (Å²) in [4.78, 5) is 20.9. The Hall–Kier alpha value is -5.58. The molecule has 6 nitrogen and oxygen atoms in total. The molecular weight excluding hydrogens is 1120 g/mol. The summed E-state index contributed by atoms with van der Waals surface area (Å²) in [5, 5.41) is 5.30. The molecule has 6 heterocycles. The Balaban J connectivity index is 0.000000210. The van der Waals surface area contributed by atoms with Crippen LogP contribution in [0.1, 0.15) is 86.8 Å². The van der Waals surface area contributed by atoms with Gasteiger partial charge in [0.05, 0.1) is 33.4 Å². The fourth-order valence-corrected chi connectivity index (χ4v) is 14.9. The summed E-state index contributed by atoms with van der Waals surface area (Å²) < 4.78 is 63.8. The molecule has 0 atom stereocenters. The quantitative estimate of drug-likeness (QED) is 0.117. The Morgan fingerprint density at radius 1 is 0.843 bits per heavy atom. The van der Waals surface area contributed by atoms with Crippen molar-refractivity contribution in [2.75, 3.05) is 0 Å². The second kappa shape index (κ2) is 19.2. The minimum atomic E-state index is -2.41. The monoisotopic (exact) mass is 1190 g/mol. The maximum absolute atomic E-state index is 13.6. The zero-order chi connectivity index (χ0) is 51.8. The average Bonchev–Trinajstić information content (AvgIpc) is 4.11. The minimum Gasteiger partial charge on any atom is -0.456 e. The summed E-state index contributed by atoms with van der Waals surface area (Å²) >= 11 is -0.375. The van der Waals surface area contributed by atoms with Gasteiger partial charge in [0.1, 0.15) is 16.0 Å². The van der Waals surface area contributed by atoms with E-state index in [0.29, 0.717) is 28.8 Å². The van der Waals surface area contributed by atoms with E-state index in [1.807, 2.05) is 48.7 Å². The van der Waals surface area contributed by atoms with Gasteiger partial charge in [-0.15, -0.1) is 18.2 Å².